The molecule has 2 heterocycles. The van der Waals surface area contributed by atoms with Crippen LogP contribution < -0.4 is 10.6 Å². The van der Waals surface area contributed by atoms with E-state index < -0.39 is 0 Å². The summed E-state index contributed by atoms with van der Waals surface area (Å²) in [4.78, 5) is 12.9. The first kappa shape index (κ1) is 11.9. The molecule has 88 valence electrons. The highest BCUT2D eigenvalue weighted by Gasteiger charge is 2.28. The van der Waals surface area contributed by atoms with E-state index in [1.165, 1.54) is 11.3 Å². The van der Waals surface area contributed by atoms with Gasteiger partial charge in [0.2, 0.25) is 5.91 Å². The van der Waals surface area contributed by atoms with E-state index in [0.29, 0.717) is 12.5 Å². The van der Waals surface area contributed by atoms with Crippen LogP contribution in [-0.2, 0) is 11.3 Å². The molecule has 0 spiro atoms. The highest BCUT2D eigenvalue weighted by molar-refractivity contribution is 7.16. The van der Waals surface area contributed by atoms with Crippen LogP contribution in [0.1, 0.15) is 18.2 Å². The molecule has 1 aliphatic heterocycles. The van der Waals surface area contributed by atoms with Crippen molar-refractivity contribution in [2.45, 2.75) is 25.9 Å². The smallest absolute Gasteiger partial charge is 0.237 e. The molecule has 0 radical (unpaired) electrons. The molecule has 1 aromatic heterocycles. The van der Waals surface area contributed by atoms with Gasteiger partial charge in [-0.05, 0) is 31.0 Å². The maximum Gasteiger partial charge on any atom is 0.237 e. The van der Waals surface area contributed by atoms with Crippen molar-refractivity contribution in [3.63, 3.8) is 0 Å². The highest BCUT2D eigenvalue weighted by Crippen LogP contribution is 2.21. The Bertz CT molecular complexity index is 380. The van der Waals surface area contributed by atoms with Crippen LogP contribution in [0.2, 0.25) is 4.34 Å². The summed E-state index contributed by atoms with van der Waals surface area (Å²) in [6.07, 6.45) is 1.07. The zero-order valence-corrected chi connectivity index (χ0v) is 10.7. The number of thiophene rings is 1. The topological polar surface area (TPSA) is 41.1 Å². The summed E-state index contributed by atoms with van der Waals surface area (Å²) in [5, 5.41) is 6.15. The number of nitrogens with one attached hydrogen (secondary N) is 2. The number of halogens is 1. The van der Waals surface area contributed by atoms with E-state index >= 15 is 0 Å². The Morgan fingerprint density at radius 1 is 1.69 bits per heavy atom. The summed E-state index contributed by atoms with van der Waals surface area (Å²) in [5.74, 6) is 0.515. The third-order valence-electron chi connectivity index (χ3n) is 2.88. The van der Waals surface area contributed by atoms with Crippen molar-refractivity contribution < 1.29 is 4.79 Å². The van der Waals surface area contributed by atoms with E-state index in [2.05, 4.69) is 17.6 Å². The van der Waals surface area contributed by atoms with Crippen LogP contribution in [-0.4, -0.2) is 18.5 Å². The fraction of sp³-hybridized carbons (Fsp3) is 0.545. The van der Waals surface area contributed by atoms with Crippen molar-refractivity contribution in [3.8, 4) is 0 Å². The second kappa shape index (κ2) is 5.17. The Labute approximate surface area is 104 Å². The van der Waals surface area contributed by atoms with Crippen molar-refractivity contribution in [2.24, 2.45) is 5.92 Å². The second-order valence-electron chi connectivity index (χ2n) is 4.12. The van der Waals surface area contributed by atoms with Gasteiger partial charge in [-0.25, -0.2) is 0 Å². The molecule has 0 bridgehead atoms. The summed E-state index contributed by atoms with van der Waals surface area (Å²) in [7, 11) is 0. The zero-order valence-electron chi connectivity index (χ0n) is 9.13. The van der Waals surface area contributed by atoms with E-state index in [1.54, 1.807) is 0 Å². The first-order valence-corrected chi connectivity index (χ1v) is 6.61. The number of hydrogen-bond donors (Lipinski definition) is 2. The Morgan fingerprint density at radius 3 is 3.06 bits per heavy atom. The van der Waals surface area contributed by atoms with Gasteiger partial charge in [0.1, 0.15) is 0 Å². The van der Waals surface area contributed by atoms with Crippen LogP contribution in [0.25, 0.3) is 0 Å². The van der Waals surface area contributed by atoms with Crippen molar-refractivity contribution in [2.75, 3.05) is 6.54 Å². The largest absolute Gasteiger partial charge is 0.350 e. The van der Waals surface area contributed by atoms with Gasteiger partial charge in [0.25, 0.3) is 0 Å². The molecule has 16 heavy (non-hydrogen) atoms. The van der Waals surface area contributed by atoms with E-state index in [1.807, 2.05) is 12.1 Å². The fourth-order valence-electron chi connectivity index (χ4n) is 1.92. The van der Waals surface area contributed by atoms with Gasteiger partial charge in [-0.1, -0.05) is 18.5 Å². The Kier molecular flexibility index (Phi) is 3.84. The Hall–Kier alpha value is -0.580. The molecule has 2 rings (SSSR count). The van der Waals surface area contributed by atoms with Gasteiger partial charge in [0, 0.05) is 4.88 Å². The van der Waals surface area contributed by atoms with E-state index in [-0.39, 0.29) is 11.9 Å². The monoisotopic (exact) mass is 258 g/mol. The normalized spacial score (nSPS) is 24.6. The minimum Gasteiger partial charge on any atom is -0.350 e. The molecule has 0 saturated carbocycles. The molecule has 1 amide bonds. The first-order valence-electron chi connectivity index (χ1n) is 5.42. The minimum absolute atomic E-state index is 0.0320. The second-order valence-corrected chi connectivity index (χ2v) is 5.92. The predicted molar refractivity (Wildman–Crippen MR) is 66.7 cm³/mol. The molecule has 2 atom stereocenters. The van der Waals surface area contributed by atoms with Crippen molar-refractivity contribution >= 4 is 28.8 Å². The average Bonchev–Trinajstić information content (AvgIpc) is 2.84. The van der Waals surface area contributed by atoms with E-state index in [9.17, 15) is 4.79 Å². The molecule has 3 nitrogen and oxygen atoms in total. The molecule has 1 aliphatic rings. The number of amides is 1. The quantitative estimate of drug-likeness (QED) is 0.871. The van der Waals surface area contributed by atoms with Crippen LogP contribution in [0.3, 0.4) is 0 Å². The lowest BCUT2D eigenvalue weighted by Crippen LogP contribution is -2.42. The van der Waals surface area contributed by atoms with Crippen LogP contribution in [0.15, 0.2) is 12.1 Å². The first-order chi connectivity index (χ1) is 7.66. The van der Waals surface area contributed by atoms with Gasteiger partial charge in [-0.15, -0.1) is 11.3 Å². The van der Waals surface area contributed by atoms with Gasteiger partial charge in [0.05, 0.1) is 16.9 Å². The lowest BCUT2D eigenvalue weighted by atomic mass is 10.0. The van der Waals surface area contributed by atoms with Crippen LogP contribution in [0.5, 0.6) is 0 Å². The molecule has 1 aromatic rings. The maximum atomic E-state index is 11.8. The minimum atomic E-state index is -0.0320. The standard InChI is InChI=1S/C11H15ClN2OS/c1-7-4-5-13-10(7)11(15)14-6-8-2-3-9(12)16-8/h2-3,7,10,13H,4-6H2,1H3,(H,14,15). The lowest BCUT2D eigenvalue weighted by Gasteiger charge is -2.14. The van der Waals surface area contributed by atoms with Crippen molar-refractivity contribution in [3.05, 3.63) is 21.3 Å². The third kappa shape index (κ3) is 2.75. The number of carbonyl (C=O) groups excluding carboxylic acids is 1. The van der Waals surface area contributed by atoms with Crippen LogP contribution >= 0.6 is 22.9 Å². The van der Waals surface area contributed by atoms with Crippen LogP contribution in [0.4, 0.5) is 0 Å². The molecule has 1 fully saturated rings. The molecule has 0 aromatic carbocycles. The zero-order chi connectivity index (χ0) is 11.5. The SMILES string of the molecule is CC1CCNC1C(=O)NCc1ccc(Cl)s1. The summed E-state index contributed by atoms with van der Waals surface area (Å²) in [5.41, 5.74) is 0. The molecule has 2 unspecified atom stereocenters. The Balaban J connectivity index is 1.83. The van der Waals surface area contributed by atoms with Gasteiger partial charge < -0.3 is 10.6 Å². The summed E-state index contributed by atoms with van der Waals surface area (Å²) in [6.45, 7) is 3.61. The summed E-state index contributed by atoms with van der Waals surface area (Å²) in [6, 6.07) is 3.76. The molecule has 0 aliphatic carbocycles. The number of rotatable bonds is 3. The maximum absolute atomic E-state index is 11.8. The number of carbonyl (C=O) groups is 1. The number of hydrogen-bond acceptors (Lipinski definition) is 3. The third-order valence-corrected chi connectivity index (χ3v) is 4.11. The average molecular weight is 259 g/mol. The molecule has 5 heteroatoms. The van der Waals surface area contributed by atoms with Crippen molar-refractivity contribution in [1.29, 1.82) is 0 Å². The lowest BCUT2D eigenvalue weighted by molar-refractivity contribution is -0.123. The molecular formula is C11H15ClN2OS. The molecule has 1 saturated heterocycles. The van der Waals surface area contributed by atoms with Gasteiger partial charge in [-0.2, -0.15) is 0 Å². The highest BCUT2D eigenvalue weighted by atomic mass is 35.5. The predicted octanol–water partition coefficient (Wildman–Crippen LogP) is 2.02. The van der Waals surface area contributed by atoms with Gasteiger partial charge in [0.15, 0.2) is 0 Å². The summed E-state index contributed by atoms with van der Waals surface area (Å²) >= 11 is 7.32. The molecule has 2 N–H and O–H groups in total. The van der Waals surface area contributed by atoms with E-state index in [4.69, 9.17) is 11.6 Å². The molecular weight excluding hydrogens is 244 g/mol. The fourth-order valence-corrected chi connectivity index (χ4v) is 2.94. The van der Waals surface area contributed by atoms with Crippen molar-refractivity contribution in [1.82, 2.24) is 10.6 Å². The summed E-state index contributed by atoms with van der Waals surface area (Å²) < 4.78 is 0.761. The van der Waals surface area contributed by atoms with Gasteiger partial charge >= 0.3 is 0 Å². The van der Waals surface area contributed by atoms with Crippen LogP contribution in [0, 0.1) is 5.92 Å². The van der Waals surface area contributed by atoms with Gasteiger partial charge in [-0.3, -0.25) is 4.79 Å². The van der Waals surface area contributed by atoms with E-state index in [0.717, 1.165) is 22.2 Å². The Morgan fingerprint density at radius 2 is 2.50 bits per heavy atom.